The van der Waals surface area contributed by atoms with E-state index >= 15 is 0 Å². The van der Waals surface area contributed by atoms with Crippen molar-refractivity contribution in [3.05, 3.63) is 35.9 Å². The van der Waals surface area contributed by atoms with Gasteiger partial charge in [0.05, 0.1) is 18.1 Å². The van der Waals surface area contributed by atoms with E-state index in [1.165, 1.54) is 5.56 Å². The van der Waals surface area contributed by atoms with Crippen molar-refractivity contribution in [1.29, 1.82) is 0 Å². The van der Waals surface area contributed by atoms with E-state index in [0.29, 0.717) is 32.4 Å². The van der Waals surface area contributed by atoms with Crippen molar-refractivity contribution in [2.45, 2.75) is 50.5 Å². The summed E-state index contributed by atoms with van der Waals surface area (Å²) in [7, 11) is 1.39. The van der Waals surface area contributed by atoms with Crippen molar-refractivity contribution in [2.24, 2.45) is 11.3 Å². The van der Waals surface area contributed by atoms with Crippen LogP contribution in [0.2, 0.25) is 0 Å². The van der Waals surface area contributed by atoms with Crippen LogP contribution in [0.4, 0.5) is 0 Å². The summed E-state index contributed by atoms with van der Waals surface area (Å²) in [6.45, 7) is 1.24. The van der Waals surface area contributed by atoms with Crippen LogP contribution in [0.1, 0.15) is 50.5 Å². The van der Waals surface area contributed by atoms with Crippen molar-refractivity contribution >= 4 is 21.7 Å². The lowest BCUT2D eigenvalue weighted by molar-refractivity contribution is -0.133. The molecule has 8 heteroatoms. The van der Waals surface area contributed by atoms with Gasteiger partial charge in [0.25, 0.3) is 0 Å². The number of nitrogens with one attached hydrogen (secondary N) is 1. The molecule has 3 fully saturated rings. The Labute approximate surface area is 197 Å². The highest BCUT2D eigenvalue weighted by molar-refractivity contribution is 7.91. The third-order valence-electron chi connectivity index (χ3n) is 8.31. The Morgan fingerprint density at radius 2 is 1.73 bits per heavy atom. The first-order valence-electron chi connectivity index (χ1n) is 12.1. The number of hydrogen-bond acceptors (Lipinski definition) is 5. The lowest BCUT2D eigenvalue weighted by atomic mass is 9.64. The van der Waals surface area contributed by atoms with Crippen LogP contribution in [0.3, 0.4) is 0 Å². The van der Waals surface area contributed by atoms with Crippen molar-refractivity contribution in [3.8, 4) is 0 Å². The van der Waals surface area contributed by atoms with Gasteiger partial charge in [-0.25, -0.2) is 8.42 Å². The highest BCUT2D eigenvalue weighted by Crippen LogP contribution is 2.52. The molecule has 0 radical (unpaired) electrons. The van der Waals surface area contributed by atoms with Gasteiger partial charge in [0.1, 0.15) is 9.84 Å². The van der Waals surface area contributed by atoms with Gasteiger partial charge in [0, 0.05) is 25.0 Å². The zero-order valence-corrected chi connectivity index (χ0v) is 20.7. The van der Waals surface area contributed by atoms with Crippen molar-refractivity contribution < 1.29 is 18.0 Å². The van der Waals surface area contributed by atoms with Gasteiger partial charge in [0.15, 0.2) is 0 Å². The van der Waals surface area contributed by atoms with Crippen molar-refractivity contribution in [1.82, 2.24) is 15.1 Å². The number of rotatable bonds is 6. The van der Waals surface area contributed by atoms with E-state index < -0.39 is 9.84 Å². The number of nitrogens with zero attached hydrogens (tertiary/aromatic N) is 2. The van der Waals surface area contributed by atoms with E-state index in [1.807, 2.05) is 6.07 Å². The molecule has 1 N–H and O–H groups in total. The minimum absolute atomic E-state index is 0.00612. The molecule has 1 aromatic carbocycles. The first-order valence-corrected chi connectivity index (χ1v) is 13.9. The Morgan fingerprint density at radius 1 is 1.09 bits per heavy atom. The molecule has 1 aromatic rings. The Hall–Kier alpha value is -1.93. The first-order chi connectivity index (χ1) is 15.6. The van der Waals surface area contributed by atoms with Gasteiger partial charge >= 0.3 is 0 Å². The Morgan fingerprint density at radius 3 is 2.33 bits per heavy atom. The van der Waals surface area contributed by atoms with Crippen LogP contribution in [0.5, 0.6) is 0 Å². The quantitative estimate of drug-likeness (QED) is 0.682. The molecule has 4 rings (SSSR count). The van der Waals surface area contributed by atoms with Gasteiger partial charge in [-0.2, -0.15) is 0 Å². The molecule has 2 saturated heterocycles. The smallest absolute Gasteiger partial charge is 0.239 e. The molecule has 0 aromatic heterocycles. The molecule has 1 spiro atoms. The number of hydrogen-bond donors (Lipinski definition) is 1. The first kappa shape index (κ1) is 24.2. The largest absolute Gasteiger partial charge is 0.354 e. The molecule has 3 aliphatic rings. The molecule has 0 atom stereocenters. The molecule has 0 bridgehead atoms. The van der Waals surface area contributed by atoms with E-state index in [-0.39, 0.29) is 46.7 Å². The topological polar surface area (TPSA) is 86.8 Å². The van der Waals surface area contributed by atoms with E-state index in [2.05, 4.69) is 48.6 Å². The number of carbonyl (C=O) groups is 2. The molecule has 1 aliphatic carbocycles. The Bertz CT molecular complexity index is 955. The predicted molar refractivity (Wildman–Crippen MR) is 128 cm³/mol. The molecular weight excluding hydrogens is 438 g/mol. The van der Waals surface area contributed by atoms with E-state index in [4.69, 9.17) is 0 Å². The van der Waals surface area contributed by atoms with Crippen LogP contribution in [0, 0.1) is 11.3 Å². The molecule has 2 amide bonds. The second-order valence-corrected chi connectivity index (χ2v) is 12.9. The molecule has 0 unspecified atom stereocenters. The summed E-state index contributed by atoms with van der Waals surface area (Å²) in [5.74, 6) is 0.548. The molecular formula is C25H37N3O4S. The maximum atomic E-state index is 12.8. The normalized spacial score (nSPS) is 27.2. The maximum Gasteiger partial charge on any atom is 0.239 e. The van der Waals surface area contributed by atoms with Crippen LogP contribution in [0.25, 0.3) is 0 Å². The SMILES string of the molecule is CN(C)[C@]1(c2ccccc2)CC[C@@]2(CC1)CC(=O)N(CC(=O)NCC1CCS(=O)(=O)CC1)C2. The van der Waals surface area contributed by atoms with Crippen LogP contribution < -0.4 is 5.32 Å². The van der Waals surface area contributed by atoms with Crippen LogP contribution in [-0.4, -0.2) is 75.3 Å². The van der Waals surface area contributed by atoms with Gasteiger partial charge in [-0.15, -0.1) is 0 Å². The second-order valence-electron chi connectivity index (χ2n) is 10.6. The van der Waals surface area contributed by atoms with Gasteiger partial charge < -0.3 is 10.2 Å². The monoisotopic (exact) mass is 475 g/mol. The third kappa shape index (κ3) is 5.27. The van der Waals surface area contributed by atoms with Crippen molar-refractivity contribution in [2.75, 3.05) is 45.2 Å². The maximum absolute atomic E-state index is 12.8. The fraction of sp³-hybridized carbons (Fsp3) is 0.680. The zero-order chi connectivity index (χ0) is 23.7. The zero-order valence-electron chi connectivity index (χ0n) is 19.9. The number of benzene rings is 1. The number of sulfone groups is 1. The highest BCUT2D eigenvalue weighted by atomic mass is 32.2. The summed E-state index contributed by atoms with van der Waals surface area (Å²) in [5.41, 5.74) is 1.29. The number of likely N-dealkylation sites (tertiary alicyclic amines) is 1. The van der Waals surface area contributed by atoms with E-state index in [9.17, 15) is 18.0 Å². The predicted octanol–water partition coefficient (Wildman–Crippen LogP) is 2.18. The van der Waals surface area contributed by atoms with Crippen molar-refractivity contribution in [3.63, 3.8) is 0 Å². The standard InChI is InChI=1S/C25H37N3O4S/c1-27(2)25(21-6-4-3-5-7-21)12-10-24(11-13-25)16-23(30)28(19-24)18-22(29)26-17-20-8-14-33(31,32)15-9-20/h3-7,20H,8-19H2,1-2H3,(H,26,29)/t24-,25-. The average molecular weight is 476 g/mol. The Balaban J connectivity index is 1.31. The van der Waals surface area contributed by atoms with Gasteiger partial charge in [-0.3, -0.25) is 14.5 Å². The summed E-state index contributed by atoms with van der Waals surface area (Å²) in [4.78, 5) is 29.4. The lowest BCUT2D eigenvalue weighted by Crippen LogP contribution is -2.47. The highest BCUT2D eigenvalue weighted by Gasteiger charge is 2.50. The molecule has 2 heterocycles. The molecule has 1 saturated carbocycles. The third-order valence-corrected chi connectivity index (χ3v) is 10.0. The molecule has 2 aliphatic heterocycles. The average Bonchev–Trinajstić information content (AvgIpc) is 3.08. The molecule has 182 valence electrons. The summed E-state index contributed by atoms with van der Waals surface area (Å²) in [5, 5.41) is 2.93. The van der Waals surface area contributed by atoms with Gasteiger partial charge in [0.2, 0.25) is 11.8 Å². The minimum Gasteiger partial charge on any atom is -0.354 e. The summed E-state index contributed by atoms with van der Waals surface area (Å²) in [6.07, 6.45) is 5.68. The van der Waals surface area contributed by atoms with E-state index in [0.717, 1.165) is 25.7 Å². The lowest BCUT2D eigenvalue weighted by Gasteiger charge is -2.48. The van der Waals surface area contributed by atoms with Crippen LogP contribution in [0.15, 0.2) is 30.3 Å². The van der Waals surface area contributed by atoms with Gasteiger partial charge in [-0.1, -0.05) is 30.3 Å². The number of amides is 2. The van der Waals surface area contributed by atoms with E-state index in [1.54, 1.807) is 4.90 Å². The summed E-state index contributed by atoms with van der Waals surface area (Å²) >= 11 is 0. The fourth-order valence-electron chi connectivity index (χ4n) is 6.03. The van der Waals surface area contributed by atoms with Gasteiger partial charge in [-0.05, 0) is 69.5 Å². The molecule has 33 heavy (non-hydrogen) atoms. The molecule has 7 nitrogen and oxygen atoms in total. The van der Waals surface area contributed by atoms with Crippen LogP contribution in [-0.2, 0) is 25.0 Å². The summed E-state index contributed by atoms with van der Waals surface area (Å²) < 4.78 is 23.1. The fourth-order valence-corrected chi connectivity index (χ4v) is 7.62. The number of carbonyl (C=O) groups excluding carboxylic acids is 2. The second kappa shape index (κ2) is 9.37. The minimum atomic E-state index is -2.90. The Kier molecular flexibility index (Phi) is 6.87. The van der Waals surface area contributed by atoms with Crippen LogP contribution >= 0.6 is 0 Å². The summed E-state index contributed by atoms with van der Waals surface area (Å²) in [6, 6.07) is 10.6.